The molecule has 1 fully saturated rings. The predicted molar refractivity (Wildman–Crippen MR) is 120 cm³/mol. The van der Waals surface area contributed by atoms with E-state index in [1.807, 2.05) is 24.3 Å². The van der Waals surface area contributed by atoms with Crippen LogP contribution in [-0.2, 0) is 22.5 Å². The lowest BCUT2D eigenvalue weighted by Gasteiger charge is -2.27. The average molecular weight is 435 g/mol. The number of anilines is 4. The molecular weight excluding hydrogens is 410 g/mol. The van der Waals surface area contributed by atoms with Gasteiger partial charge in [0.2, 0.25) is 11.9 Å². The molecule has 3 heterocycles. The number of benzene rings is 1. The molecule has 10 nitrogen and oxygen atoms in total. The van der Waals surface area contributed by atoms with E-state index >= 15 is 0 Å². The fraction of sp³-hybridized carbons (Fsp3) is 0.318. The van der Waals surface area contributed by atoms with Crippen LogP contribution in [0.3, 0.4) is 0 Å². The number of hydrogen-bond donors (Lipinski definition) is 2. The third kappa shape index (κ3) is 5.27. The molecule has 1 aromatic carbocycles. The molecule has 1 aliphatic rings. The summed E-state index contributed by atoms with van der Waals surface area (Å²) in [7, 11) is 0. The zero-order valence-corrected chi connectivity index (χ0v) is 17.8. The molecule has 3 aromatic rings. The number of carbonyl (C=O) groups is 1. The minimum Gasteiger partial charge on any atom is -0.454 e. The zero-order chi connectivity index (χ0) is 22.3. The predicted octanol–water partition coefficient (Wildman–Crippen LogP) is 2.35. The fourth-order valence-corrected chi connectivity index (χ4v) is 3.33. The van der Waals surface area contributed by atoms with Crippen LogP contribution in [0.2, 0.25) is 0 Å². The third-order valence-corrected chi connectivity index (χ3v) is 4.99. The summed E-state index contributed by atoms with van der Waals surface area (Å²) in [5.41, 5.74) is 8.17. The van der Waals surface area contributed by atoms with Crippen molar-refractivity contribution in [3.8, 4) is 0 Å². The Morgan fingerprint density at radius 2 is 1.97 bits per heavy atom. The molecule has 0 radical (unpaired) electrons. The molecular formula is C22H25N7O3. The maximum absolute atomic E-state index is 12.4. The van der Waals surface area contributed by atoms with Gasteiger partial charge < -0.3 is 25.4 Å². The standard InChI is InChI=1S/C22H25N7O3/c1-2-15-5-3-4-6-17(15)25-22-27-18(26-21(23)28-22)14-32-20(30)16-7-8-19(24-13-16)29-9-11-31-12-10-29/h3-8,13H,2,9-12,14H2,1H3,(H3,23,25,26,27,28). The molecule has 3 N–H and O–H groups in total. The molecule has 1 aliphatic heterocycles. The molecule has 0 unspecified atom stereocenters. The quantitative estimate of drug-likeness (QED) is 0.534. The summed E-state index contributed by atoms with van der Waals surface area (Å²) in [5.74, 6) is 0.870. The zero-order valence-electron chi connectivity index (χ0n) is 17.8. The van der Waals surface area contributed by atoms with Gasteiger partial charge in [-0.25, -0.2) is 9.78 Å². The van der Waals surface area contributed by atoms with Crippen molar-refractivity contribution in [3.63, 3.8) is 0 Å². The highest BCUT2D eigenvalue weighted by atomic mass is 16.5. The number of rotatable bonds is 7. The Bertz CT molecular complexity index is 1070. The van der Waals surface area contributed by atoms with E-state index in [2.05, 4.69) is 37.1 Å². The second-order valence-corrected chi connectivity index (χ2v) is 7.15. The number of hydrogen-bond acceptors (Lipinski definition) is 10. The van der Waals surface area contributed by atoms with Crippen LogP contribution in [-0.4, -0.2) is 52.2 Å². The molecule has 0 aliphatic carbocycles. The highest BCUT2D eigenvalue weighted by Gasteiger charge is 2.15. The fourth-order valence-electron chi connectivity index (χ4n) is 3.33. The van der Waals surface area contributed by atoms with Gasteiger partial charge in [-0.15, -0.1) is 0 Å². The summed E-state index contributed by atoms with van der Waals surface area (Å²) in [6.45, 7) is 4.81. The van der Waals surface area contributed by atoms with Crippen LogP contribution in [0.1, 0.15) is 28.7 Å². The molecule has 166 valence electrons. The van der Waals surface area contributed by atoms with Gasteiger partial charge in [0.15, 0.2) is 12.4 Å². The van der Waals surface area contributed by atoms with Gasteiger partial charge in [0, 0.05) is 25.0 Å². The highest BCUT2D eigenvalue weighted by Crippen LogP contribution is 2.20. The van der Waals surface area contributed by atoms with Gasteiger partial charge in [-0.1, -0.05) is 25.1 Å². The number of morpholine rings is 1. The van der Waals surface area contributed by atoms with E-state index in [1.54, 1.807) is 12.1 Å². The second-order valence-electron chi connectivity index (χ2n) is 7.15. The lowest BCUT2D eigenvalue weighted by molar-refractivity contribution is 0.0461. The third-order valence-electron chi connectivity index (χ3n) is 4.99. The second kappa shape index (κ2) is 10.0. The van der Waals surface area contributed by atoms with Crippen molar-refractivity contribution in [2.75, 3.05) is 42.3 Å². The summed E-state index contributed by atoms with van der Waals surface area (Å²) in [4.78, 5) is 31.4. The van der Waals surface area contributed by atoms with Crippen molar-refractivity contribution in [1.29, 1.82) is 0 Å². The lowest BCUT2D eigenvalue weighted by atomic mass is 10.1. The number of para-hydroxylation sites is 1. The van der Waals surface area contributed by atoms with Gasteiger partial charge in [-0.2, -0.15) is 15.0 Å². The Morgan fingerprint density at radius 3 is 2.72 bits per heavy atom. The summed E-state index contributed by atoms with van der Waals surface area (Å²) in [6, 6.07) is 11.3. The van der Waals surface area contributed by atoms with E-state index in [0.29, 0.717) is 24.7 Å². The molecule has 32 heavy (non-hydrogen) atoms. The van der Waals surface area contributed by atoms with Crippen molar-refractivity contribution in [3.05, 3.63) is 59.5 Å². The van der Waals surface area contributed by atoms with Crippen LogP contribution >= 0.6 is 0 Å². The normalized spacial score (nSPS) is 13.6. The largest absolute Gasteiger partial charge is 0.454 e. The number of nitrogen functional groups attached to an aromatic ring is 1. The van der Waals surface area contributed by atoms with Gasteiger partial charge in [0.1, 0.15) is 5.82 Å². The van der Waals surface area contributed by atoms with E-state index in [1.165, 1.54) is 6.20 Å². The minimum absolute atomic E-state index is 0.0408. The van der Waals surface area contributed by atoms with E-state index in [4.69, 9.17) is 15.2 Å². The Morgan fingerprint density at radius 1 is 1.16 bits per heavy atom. The Labute approximate surface area is 185 Å². The average Bonchev–Trinajstić information content (AvgIpc) is 2.83. The maximum Gasteiger partial charge on any atom is 0.340 e. The number of nitrogens with zero attached hydrogens (tertiary/aromatic N) is 5. The van der Waals surface area contributed by atoms with E-state index in [0.717, 1.165) is 36.6 Å². The number of aromatic nitrogens is 4. The van der Waals surface area contributed by atoms with Crippen molar-refractivity contribution < 1.29 is 14.3 Å². The SMILES string of the molecule is CCc1ccccc1Nc1nc(N)nc(COC(=O)c2ccc(N3CCOCC3)nc2)n1. The van der Waals surface area contributed by atoms with Crippen molar-refractivity contribution in [2.24, 2.45) is 0 Å². The molecule has 2 aromatic heterocycles. The highest BCUT2D eigenvalue weighted by molar-refractivity contribution is 5.89. The van der Waals surface area contributed by atoms with Crippen LogP contribution in [0.5, 0.6) is 0 Å². The van der Waals surface area contributed by atoms with E-state index < -0.39 is 5.97 Å². The summed E-state index contributed by atoms with van der Waals surface area (Å²) in [5, 5.41) is 3.16. The molecule has 0 atom stereocenters. The first-order valence-electron chi connectivity index (χ1n) is 10.4. The number of ether oxygens (including phenoxy) is 2. The number of aryl methyl sites for hydroxylation is 1. The lowest BCUT2D eigenvalue weighted by Crippen LogP contribution is -2.36. The van der Waals surface area contributed by atoms with Crippen LogP contribution in [0, 0.1) is 0 Å². The van der Waals surface area contributed by atoms with Crippen LogP contribution in [0.15, 0.2) is 42.6 Å². The first-order valence-corrected chi connectivity index (χ1v) is 10.4. The topological polar surface area (TPSA) is 128 Å². The Balaban J connectivity index is 1.39. The van der Waals surface area contributed by atoms with E-state index in [9.17, 15) is 4.79 Å². The molecule has 1 saturated heterocycles. The van der Waals surface area contributed by atoms with Crippen LogP contribution in [0.4, 0.5) is 23.4 Å². The first-order chi connectivity index (χ1) is 15.6. The molecule has 10 heteroatoms. The molecule has 0 spiro atoms. The van der Waals surface area contributed by atoms with Gasteiger partial charge in [-0.05, 0) is 30.2 Å². The van der Waals surface area contributed by atoms with Crippen LogP contribution in [0.25, 0.3) is 0 Å². The summed E-state index contributed by atoms with van der Waals surface area (Å²) >= 11 is 0. The van der Waals surface area contributed by atoms with E-state index in [-0.39, 0.29) is 18.4 Å². The van der Waals surface area contributed by atoms with Gasteiger partial charge in [0.05, 0.1) is 18.8 Å². The minimum atomic E-state index is -0.518. The van der Waals surface area contributed by atoms with Crippen molar-refractivity contribution in [1.82, 2.24) is 19.9 Å². The summed E-state index contributed by atoms with van der Waals surface area (Å²) in [6.07, 6.45) is 2.36. The molecule has 4 rings (SSSR count). The summed E-state index contributed by atoms with van der Waals surface area (Å²) < 4.78 is 10.7. The van der Waals surface area contributed by atoms with Gasteiger partial charge >= 0.3 is 5.97 Å². The number of pyridine rings is 1. The van der Waals surface area contributed by atoms with Crippen molar-refractivity contribution in [2.45, 2.75) is 20.0 Å². The number of nitrogens with two attached hydrogens (primary N) is 1. The van der Waals surface area contributed by atoms with Gasteiger partial charge in [-0.3, -0.25) is 0 Å². The smallest absolute Gasteiger partial charge is 0.340 e. The monoisotopic (exact) mass is 435 g/mol. The Kier molecular flexibility index (Phi) is 6.71. The number of carbonyl (C=O) groups excluding carboxylic acids is 1. The van der Waals surface area contributed by atoms with Gasteiger partial charge in [0.25, 0.3) is 0 Å². The first kappa shape index (κ1) is 21.4. The number of esters is 1. The maximum atomic E-state index is 12.4. The van der Waals surface area contributed by atoms with Crippen molar-refractivity contribution >= 4 is 29.4 Å². The molecule has 0 saturated carbocycles. The van der Waals surface area contributed by atoms with Crippen LogP contribution < -0.4 is 16.0 Å². The Hall–Kier alpha value is -3.79. The molecule has 0 bridgehead atoms. The number of nitrogens with one attached hydrogen (secondary N) is 1. The molecule has 0 amide bonds.